The third-order valence-electron chi connectivity index (χ3n) is 1.87. The second-order valence-corrected chi connectivity index (χ2v) is 4.07. The summed E-state index contributed by atoms with van der Waals surface area (Å²) in [7, 11) is 1.86. The molecular weight excluding hydrogens is 212 g/mol. The van der Waals surface area contributed by atoms with Gasteiger partial charge in [-0.2, -0.15) is 0 Å². The van der Waals surface area contributed by atoms with Gasteiger partial charge in [0, 0.05) is 6.54 Å². The molecule has 5 heteroatoms. The third kappa shape index (κ3) is 3.00. The summed E-state index contributed by atoms with van der Waals surface area (Å²) < 4.78 is 4.97. The average Bonchev–Trinajstić information content (AvgIpc) is 2.62. The molecule has 15 heavy (non-hydrogen) atoms. The summed E-state index contributed by atoms with van der Waals surface area (Å²) >= 11 is 1.41. The van der Waals surface area contributed by atoms with Crippen LogP contribution in [0.5, 0.6) is 0 Å². The maximum absolute atomic E-state index is 11.6. The smallest absolute Gasteiger partial charge is 0.350 e. The highest BCUT2D eigenvalue weighted by molar-refractivity contribution is 7.13. The van der Waals surface area contributed by atoms with Crippen LogP contribution in [0.3, 0.4) is 0 Å². The molecule has 0 atom stereocenters. The number of carbonyl (C=O) groups excluding carboxylic acids is 1. The van der Waals surface area contributed by atoms with Crippen molar-refractivity contribution in [2.75, 3.05) is 13.7 Å². The minimum atomic E-state index is -0.255. The molecule has 0 spiro atoms. The van der Waals surface area contributed by atoms with Crippen LogP contribution in [0, 0.1) is 0 Å². The van der Waals surface area contributed by atoms with E-state index in [1.807, 2.05) is 14.0 Å². The fourth-order valence-electron chi connectivity index (χ4n) is 1.22. The van der Waals surface area contributed by atoms with Crippen molar-refractivity contribution in [3.8, 4) is 0 Å². The van der Waals surface area contributed by atoms with E-state index in [4.69, 9.17) is 4.74 Å². The van der Waals surface area contributed by atoms with Gasteiger partial charge in [-0.3, -0.25) is 0 Å². The van der Waals surface area contributed by atoms with Crippen molar-refractivity contribution in [2.45, 2.75) is 26.8 Å². The Bertz CT molecular complexity index is 336. The van der Waals surface area contributed by atoms with E-state index < -0.39 is 0 Å². The Morgan fingerprint density at radius 2 is 2.27 bits per heavy atom. The van der Waals surface area contributed by atoms with E-state index in [1.165, 1.54) is 11.3 Å². The monoisotopic (exact) mass is 228 g/mol. The number of hydrogen-bond donors (Lipinski definition) is 1. The van der Waals surface area contributed by atoms with Gasteiger partial charge in [-0.25, -0.2) is 9.78 Å². The molecule has 1 aromatic heterocycles. The average molecular weight is 228 g/mol. The number of rotatable bonds is 5. The number of hydrogen-bond acceptors (Lipinski definition) is 5. The normalized spacial score (nSPS) is 10.3. The fraction of sp³-hybridized carbons (Fsp3) is 0.600. The standard InChI is InChI=1S/C10H16N2O2S/c1-4-7-9(10(13)14-5-2)15-8(12-7)6-11-3/h11H,4-6H2,1-3H3. The van der Waals surface area contributed by atoms with Crippen molar-refractivity contribution in [3.63, 3.8) is 0 Å². The van der Waals surface area contributed by atoms with Crippen LogP contribution in [0.25, 0.3) is 0 Å². The molecule has 0 amide bonds. The highest BCUT2D eigenvalue weighted by Crippen LogP contribution is 2.20. The van der Waals surface area contributed by atoms with Crippen LogP contribution in [0.2, 0.25) is 0 Å². The maximum Gasteiger partial charge on any atom is 0.350 e. The van der Waals surface area contributed by atoms with Gasteiger partial charge in [0.2, 0.25) is 0 Å². The molecular formula is C10H16N2O2S. The lowest BCUT2D eigenvalue weighted by molar-refractivity contribution is 0.0530. The van der Waals surface area contributed by atoms with Crippen molar-refractivity contribution < 1.29 is 9.53 Å². The Kier molecular flexibility index (Phi) is 4.71. The number of aryl methyl sites for hydroxylation is 1. The summed E-state index contributed by atoms with van der Waals surface area (Å²) in [5, 5.41) is 3.94. The van der Waals surface area contributed by atoms with Crippen molar-refractivity contribution in [3.05, 3.63) is 15.6 Å². The Balaban J connectivity index is 2.89. The van der Waals surface area contributed by atoms with Crippen LogP contribution in [-0.4, -0.2) is 24.6 Å². The van der Waals surface area contributed by atoms with Crippen molar-refractivity contribution in [1.29, 1.82) is 0 Å². The largest absolute Gasteiger partial charge is 0.462 e. The number of aromatic nitrogens is 1. The molecule has 0 fully saturated rings. The van der Waals surface area contributed by atoms with Gasteiger partial charge in [0.15, 0.2) is 0 Å². The van der Waals surface area contributed by atoms with E-state index in [0.29, 0.717) is 18.0 Å². The summed E-state index contributed by atoms with van der Waals surface area (Å²) in [5.41, 5.74) is 0.837. The molecule has 0 saturated carbocycles. The Morgan fingerprint density at radius 3 is 2.80 bits per heavy atom. The van der Waals surface area contributed by atoms with Gasteiger partial charge >= 0.3 is 5.97 Å². The highest BCUT2D eigenvalue weighted by atomic mass is 32.1. The van der Waals surface area contributed by atoms with Gasteiger partial charge in [0.05, 0.1) is 12.3 Å². The summed E-state index contributed by atoms with van der Waals surface area (Å²) in [4.78, 5) is 16.6. The Labute approximate surface area is 93.7 Å². The van der Waals surface area contributed by atoms with Crippen molar-refractivity contribution >= 4 is 17.3 Å². The zero-order valence-electron chi connectivity index (χ0n) is 9.29. The predicted molar refractivity (Wildman–Crippen MR) is 60.2 cm³/mol. The summed E-state index contributed by atoms with van der Waals surface area (Å²) in [6.07, 6.45) is 0.758. The van der Waals surface area contributed by atoms with Gasteiger partial charge in [0.25, 0.3) is 0 Å². The first-order valence-electron chi connectivity index (χ1n) is 5.03. The molecule has 0 bridgehead atoms. The number of esters is 1. The quantitative estimate of drug-likeness (QED) is 0.778. The van der Waals surface area contributed by atoms with Crippen LogP contribution in [0.1, 0.15) is 34.2 Å². The number of carbonyl (C=O) groups is 1. The molecule has 0 unspecified atom stereocenters. The zero-order valence-corrected chi connectivity index (χ0v) is 10.1. The zero-order chi connectivity index (χ0) is 11.3. The lowest BCUT2D eigenvalue weighted by Gasteiger charge is -1.99. The lowest BCUT2D eigenvalue weighted by Crippen LogP contribution is -2.05. The summed E-state index contributed by atoms with van der Waals surface area (Å²) in [5.74, 6) is -0.255. The van der Waals surface area contributed by atoms with Gasteiger partial charge in [-0.15, -0.1) is 11.3 Å². The maximum atomic E-state index is 11.6. The summed E-state index contributed by atoms with van der Waals surface area (Å²) in [6, 6.07) is 0. The molecule has 0 aliphatic rings. The third-order valence-corrected chi connectivity index (χ3v) is 2.94. The molecule has 1 N–H and O–H groups in total. The molecule has 1 heterocycles. The van der Waals surface area contributed by atoms with Gasteiger partial charge < -0.3 is 10.1 Å². The lowest BCUT2D eigenvalue weighted by atomic mass is 10.3. The van der Waals surface area contributed by atoms with E-state index in [9.17, 15) is 4.79 Å². The number of nitrogens with one attached hydrogen (secondary N) is 1. The van der Waals surface area contributed by atoms with E-state index in [1.54, 1.807) is 6.92 Å². The highest BCUT2D eigenvalue weighted by Gasteiger charge is 2.17. The van der Waals surface area contributed by atoms with Crippen LogP contribution >= 0.6 is 11.3 Å². The minimum absolute atomic E-state index is 0.255. The number of thiazole rings is 1. The first-order valence-corrected chi connectivity index (χ1v) is 5.84. The SMILES string of the molecule is CCOC(=O)c1sc(CNC)nc1CC. The van der Waals surface area contributed by atoms with E-state index in [2.05, 4.69) is 10.3 Å². The second-order valence-electron chi connectivity index (χ2n) is 2.99. The molecule has 1 rings (SSSR count). The molecule has 1 aromatic rings. The predicted octanol–water partition coefficient (Wildman–Crippen LogP) is 1.60. The molecule has 84 valence electrons. The van der Waals surface area contributed by atoms with E-state index in [-0.39, 0.29) is 5.97 Å². The van der Waals surface area contributed by atoms with Crippen LogP contribution in [-0.2, 0) is 17.7 Å². The molecule has 0 aliphatic carbocycles. The molecule has 0 saturated heterocycles. The second kappa shape index (κ2) is 5.82. The van der Waals surface area contributed by atoms with Gasteiger partial charge in [-0.1, -0.05) is 6.92 Å². The van der Waals surface area contributed by atoms with Gasteiger partial charge in [0.1, 0.15) is 9.88 Å². The van der Waals surface area contributed by atoms with Crippen molar-refractivity contribution in [1.82, 2.24) is 10.3 Å². The van der Waals surface area contributed by atoms with E-state index in [0.717, 1.165) is 17.1 Å². The van der Waals surface area contributed by atoms with Crippen LogP contribution < -0.4 is 5.32 Å². The molecule has 0 aromatic carbocycles. The first-order chi connectivity index (χ1) is 7.22. The number of nitrogens with zero attached hydrogens (tertiary/aromatic N) is 1. The first kappa shape index (κ1) is 12.1. The minimum Gasteiger partial charge on any atom is -0.462 e. The molecule has 0 aliphatic heterocycles. The van der Waals surface area contributed by atoms with Crippen molar-refractivity contribution in [2.24, 2.45) is 0 Å². The van der Waals surface area contributed by atoms with Crippen LogP contribution in [0.4, 0.5) is 0 Å². The number of ether oxygens (including phenoxy) is 1. The van der Waals surface area contributed by atoms with Gasteiger partial charge in [-0.05, 0) is 20.4 Å². The molecule has 4 nitrogen and oxygen atoms in total. The fourth-order valence-corrected chi connectivity index (χ4v) is 2.28. The summed E-state index contributed by atoms with van der Waals surface area (Å²) in [6.45, 7) is 4.89. The Morgan fingerprint density at radius 1 is 1.53 bits per heavy atom. The van der Waals surface area contributed by atoms with Crippen LogP contribution in [0.15, 0.2) is 0 Å². The topological polar surface area (TPSA) is 51.2 Å². The molecule has 0 radical (unpaired) electrons. The Hall–Kier alpha value is -0.940. The van der Waals surface area contributed by atoms with E-state index >= 15 is 0 Å².